The van der Waals surface area contributed by atoms with Crippen LogP contribution in [0.1, 0.15) is 21.5 Å². The summed E-state index contributed by atoms with van der Waals surface area (Å²) < 4.78 is 5.08. The first kappa shape index (κ1) is 23.3. The Morgan fingerprint density at radius 3 is 2.16 bits per heavy atom. The van der Waals surface area contributed by atoms with Crippen molar-refractivity contribution >= 4 is 23.4 Å². The molecular weight excluding hydrogens is 408 g/mol. The lowest BCUT2D eigenvalue weighted by Gasteiger charge is -2.34. The summed E-state index contributed by atoms with van der Waals surface area (Å²) >= 11 is 0. The molecule has 1 saturated heterocycles. The van der Waals surface area contributed by atoms with E-state index in [2.05, 4.69) is 10.6 Å². The van der Waals surface area contributed by atoms with Crippen LogP contribution in [0.3, 0.4) is 0 Å². The summed E-state index contributed by atoms with van der Waals surface area (Å²) in [5.74, 6) is 0.168. The fourth-order valence-electron chi connectivity index (χ4n) is 3.66. The third-order valence-electron chi connectivity index (χ3n) is 5.59. The topological polar surface area (TPSA) is 91.0 Å². The Labute approximate surface area is 188 Å². The van der Waals surface area contributed by atoms with Crippen LogP contribution in [0, 0.1) is 13.8 Å². The van der Waals surface area contributed by atoms with Crippen LogP contribution in [0.5, 0.6) is 5.75 Å². The number of piperazine rings is 1. The Morgan fingerprint density at radius 1 is 0.938 bits per heavy atom. The number of ether oxygens (including phenoxy) is 1. The van der Waals surface area contributed by atoms with Gasteiger partial charge in [0.1, 0.15) is 5.75 Å². The number of hydrogen-bond donors (Lipinski definition) is 2. The minimum Gasteiger partial charge on any atom is -0.497 e. The van der Waals surface area contributed by atoms with Gasteiger partial charge in [0.2, 0.25) is 11.8 Å². The molecule has 2 aromatic carbocycles. The van der Waals surface area contributed by atoms with Gasteiger partial charge in [0.15, 0.2) is 0 Å². The first-order chi connectivity index (χ1) is 15.4. The highest BCUT2D eigenvalue weighted by molar-refractivity contribution is 5.96. The molecule has 8 heteroatoms. The number of nitrogens with zero attached hydrogens (tertiary/aromatic N) is 2. The quantitative estimate of drug-likeness (QED) is 0.688. The van der Waals surface area contributed by atoms with Gasteiger partial charge in [-0.05, 0) is 49.2 Å². The van der Waals surface area contributed by atoms with Gasteiger partial charge in [0.05, 0.1) is 20.2 Å². The molecule has 3 amide bonds. The molecule has 0 atom stereocenters. The standard InChI is InChI=1S/C24H30N4O4/c1-17-5-4-6-18(2)23(17)26-21(29)16-27-11-13-28(14-12-27)22(30)15-25-24(31)19-7-9-20(32-3)10-8-19/h4-10H,11-16H2,1-3H3,(H,25,31)(H,26,29). The molecule has 0 aliphatic carbocycles. The molecular formula is C24H30N4O4. The lowest BCUT2D eigenvalue weighted by molar-refractivity contribution is -0.132. The van der Waals surface area contributed by atoms with Gasteiger partial charge >= 0.3 is 0 Å². The molecule has 0 spiro atoms. The van der Waals surface area contributed by atoms with Crippen molar-refractivity contribution in [1.29, 1.82) is 0 Å². The van der Waals surface area contributed by atoms with E-state index in [1.54, 1.807) is 36.3 Å². The molecule has 3 rings (SSSR count). The SMILES string of the molecule is COc1ccc(C(=O)NCC(=O)N2CCN(CC(=O)Nc3c(C)cccc3C)CC2)cc1. The maximum Gasteiger partial charge on any atom is 0.251 e. The number of carbonyl (C=O) groups excluding carboxylic acids is 3. The summed E-state index contributed by atoms with van der Waals surface area (Å²) in [6.45, 7) is 6.43. The normalized spacial score (nSPS) is 14.0. The van der Waals surface area contributed by atoms with Crippen LogP contribution >= 0.6 is 0 Å². The molecule has 0 saturated carbocycles. The molecule has 0 unspecified atom stereocenters. The molecule has 1 heterocycles. The Kier molecular flexibility index (Phi) is 7.83. The molecule has 2 aromatic rings. The number of para-hydroxylation sites is 1. The van der Waals surface area contributed by atoms with E-state index < -0.39 is 0 Å². The van der Waals surface area contributed by atoms with E-state index in [0.29, 0.717) is 37.5 Å². The number of hydrogen-bond acceptors (Lipinski definition) is 5. The molecule has 2 N–H and O–H groups in total. The first-order valence-corrected chi connectivity index (χ1v) is 10.7. The number of anilines is 1. The lowest BCUT2D eigenvalue weighted by atomic mass is 10.1. The summed E-state index contributed by atoms with van der Waals surface area (Å²) in [4.78, 5) is 40.9. The van der Waals surface area contributed by atoms with Gasteiger partial charge in [-0.1, -0.05) is 18.2 Å². The summed E-state index contributed by atoms with van der Waals surface area (Å²) in [6, 6.07) is 12.6. The van der Waals surface area contributed by atoms with Crippen molar-refractivity contribution in [3.8, 4) is 5.75 Å². The fourth-order valence-corrected chi connectivity index (χ4v) is 3.66. The van der Waals surface area contributed by atoms with Gasteiger partial charge in [-0.15, -0.1) is 0 Å². The van der Waals surface area contributed by atoms with Crippen molar-refractivity contribution in [2.45, 2.75) is 13.8 Å². The average Bonchev–Trinajstić information content (AvgIpc) is 2.80. The smallest absolute Gasteiger partial charge is 0.251 e. The highest BCUT2D eigenvalue weighted by Gasteiger charge is 2.23. The van der Waals surface area contributed by atoms with E-state index in [4.69, 9.17) is 4.74 Å². The number of methoxy groups -OCH3 is 1. The summed E-state index contributed by atoms with van der Waals surface area (Å²) in [7, 11) is 1.56. The highest BCUT2D eigenvalue weighted by atomic mass is 16.5. The molecule has 1 aliphatic heterocycles. The minimum absolute atomic E-state index is 0.0576. The third-order valence-corrected chi connectivity index (χ3v) is 5.59. The van der Waals surface area contributed by atoms with E-state index in [1.807, 2.05) is 36.9 Å². The van der Waals surface area contributed by atoms with Crippen LogP contribution in [0.15, 0.2) is 42.5 Å². The van der Waals surface area contributed by atoms with Gasteiger partial charge in [-0.25, -0.2) is 0 Å². The maximum atomic E-state index is 12.5. The fraction of sp³-hybridized carbons (Fsp3) is 0.375. The highest BCUT2D eigenvalue weighted by Crippen LogP contribution is 2.19. The van der Waals surface area contributed by atoms with Crippen molar-refractivity contribution in [3.05, 3.63) is 59.2 Å². The zero-order valence-electron chi connectivity index (χ0n) is 18.8. The van der Waals surface area contributed by atoms with E-state index in [-0.39, 0.29) is 30.8 Å². The number of rotatable bonds is 7. The van der Waals surface area contributed by atoms with E-state index in [9.17, 15) is 14.4 Å². The monoisotopic (exact) mass is 438 g/mol. The number of benzene rings is 2. The van der Waals surface area contributed by atoms with Crippen molar-refractivity contribution in [3.63, 3.8) is 0 Å². The van der Waals surface area contributed by atoms with E-state index in [1.165, 1.54) is 0 Å². The first-order valence-electron chi connectivity index (χ1n) is 10.7. The van der Waals surface area contributed by atoms with Gasteiger partial charge in [0.25, 0.3) is 5.91 Å². The molecule has 8 nitrogen and oxygen atoms in total. The second-order valence-corrected chi connectivity index (χ2v) is 7.88. The summed E-state index contributed by atoms with van der Waals surface area (Å²) in [5.41, 5.74) is 3.40. The van der Waals surface area contributed by atoms with Crippen molar-refractivity contribution in [1.82, 2.24) is 15.1 Å². The van der Waals surface area contributed by atoms with Gasteiger partial charge in [-0.3, -0.25) is 19.3 Å². The summed E-state index contributed by atoms with van der Waals surface area (Å²) in [6.07, 6.45) is 0. The van der Waals surface area contributed by atoms with Crippen LogP contribution in [-0.4, -0.2) is 73.9 Å². The Morgan fingerprint density at radius 2 is 1.56 bits per heavy atom. The van der Waals surface area contributed by atoms with Crippen LogP contribution in [0.4, 0.5) is 5.69 Å². The molecule has 32 heavy (non-hydrogen) atoms. The second-order valence-electron chi connectivity index (χ2n) is 7.88. The van der Waals surface area contributed by atoms with Crippen LogP contribution in [0.25, 0.3) is 0 Å². The molecule has 0 aromatic heterocycles. The van der Waals surface area contributed by atoms with Gasteiger partial charge < -0.3 is 20.3 Å². The van der Waals surface area contributed by atoms with Crippen LogP contribution in [0.2, 0.25) is 0 Å². The van der Waals surface area contributed by atoms with Crippen LogP contribution in [-0.2, 0) is 9.59 Å². The molecule has 1 aliphatic rings. The zero-order valence-corrected chi connectivity index (χ0v) is 18.8. The van der Waals surface area contributed by atoms with Crippen molar-refractivity contribution < 1.29 is 19.1 Å². The lowest BCUT2D eigenvalue weighted by Crippen LogP contribution is -2.52. The molecule has 1 fully saturated rings. The van der Waals surface area contributed by atoms with Crippen LogP contribution < -0.4 is 15.4 Å². The Balaban J connectivity index is 1.41. The predicted molar refractivity (Wildman–Crippen MR) is 123 cm³/mol. The maximum absolute atomic E-state index is 12.5. The number of nitrogens with one attached hydrogen (secondary N) is 2. The molecule has 0 radical (unpaired) electrons. The molecule has 170 valence electrons. The van der Waals surface area contributed by atoms with Gasteiger partial charge in [-0.2, -0.15) is 0 Å². The van der Waals surface area contributed by atoms with Crippen molar-refractivity contribution in [2.24, 2.45) is 0 Å². The average molecular weight is 439 g/mol. The second kappa shape index (κ2) is 10.8. The Bertz CT molecular complexity index is 946. The van der Waals surface area contributed by atoms with E-state index in [0.717, 1.165) is 16.8 Å². The largest absolute Gasteiger partial charge is 0.497 e. The zero-order chi connectivity index (χ0) is 23.1. The van der Waals surface area contributed by atoms with E-state index >= 15 is 0 Å². The number of amides is 3. The third kappa shape index (κ3) is 6.07. The minimum atomic E-state index is -0.303. The number of carbonyl (C=O) groups is 3. The molecule has 0 bridgehead atoms. The summed E-state index contributed by atoms with van der Waals surface area (Å²) in [5, 5.41) is 5.66. The van der Waals surface area contributed by atoms with Gasteiger partial charge in [0, 0.05) is 37.4 Å². The Hall–Kier alpha value is -3.39. The van der Waals surface area contributed by atoms with Crippen molar-refractivity contribution in [2.75, 3.05) is 51.7 Å². The predicted octanol–water partition coefficient (Wildman–Crippen LogP) is 1.82. The number of aryl methyl sites for hydroxylation is 2.